The second kappa shape index (κ2) is 33.9. The molecule has 0 aliphatic carbocycles. The molecule has 0 amide bonds. The molecule has 0 saturated carbocycles. The Hall–Kier alpha value is -0.950. The quantitative estimate of drug-likeness (QED) is 0.0367. The lowest BCUT2D eigenvalue weighted by Crippen LogP contribution is -2.29. The van der Waals surface area contributed by atoms with E-state index in [0.29, 0.717) is 6.42 Å². The van der Waals surface area contributed by atoms with Crippen LogP contribution in [0.4, 0.5) is 0 Å². The molecule has 274 valence electrons. The van der Waals surface area contributed by atoms with Crippen LogP contribution in [0, 0.1) is 0 Å². The summed E-state index contributed by atoms with van der Waals surface area (Å²) in [5.74, 6) is -0.712. The Morgan fingerprint density at radius 2 is 0.804 bits per heavy atom. The maximum atomic E-state index is 12.5. The zero-order chi connectivity index (χ0) is 34.0. The van der Waals surface area contributed by atoms with E-state index in [0.717, 1.165) is 38.5 Å². The first-order valence-electron chi connectivity index (χ1n) is 19.1. The molecule has 0 rings (SSSR count). The lowest BCUT2D eigenvalue weighted by atomic mass is 10.0. The van der Waals surface area contributed by atoms with Crippen LogP contribution in [0.3, 0.4) is 0 Å². The molecule has 46 heavy (non-hydrogen) atoms. The lowest BCUT2D eigenvalue weighted by Gasteiger charge is -2.20. The van der Waals surface area contributed by atoms with Gasteiger partial charge in [-0.2, -0.15) is 0 Å². The van der Waals surface area contributed by atoms with E-state index in [1.165, 1.54) is 143 Å². The van der Waals surface area contributed by atoms with Gasteiger partial charge in [-0.3, -0.25) is 23.2 Å². The van der Waals surface area contributed by atoms with Crippen LogP contribution in [0.1, 0.15) is 194 Å². The largest absolute Gasteiger partial charge is 0.474 e. The van der Waals surface area contributed by atoms with E-state index in [4.69, 9.17) is 23.0 Å². The van der Waals surface area contributed by atoms with E-state index >= 15 is 0 Å². The number of rotatable bonds is 36. The van der Waals surface area contributed by atoms with Gasteiger partial charge in [0.25, 0.3) is 0 Å². The first kappa shape index (κ1) is 45.0. The monoisotopic (exact) mass is 677 g/mol. The molecule has 0 aromatic rings. The summed E-state index contributed by atoms with van der Waals surface area (Å²) in [5, 5.41) is 0. The van der Waals surface area contributed by atoms with E-state index in [1.54, 1.807) is 0 Å². The smallest absolute Gasteiger partial charge is 0.462 e. The van der Waals surface area contributed by atoms with Crippen molar-refractivity contribution >= 4 is 19.8 Å². The van der Waals surface area contributed by atoms with Crippen LogP contribution in [-0.4, -0.2) is 45.5 Å². The molecule has 0 heterocycles. The van der Waals surface area contributed by atoms with E-state index in [2.05, 4.69) is 13.8 Å². The third-order valence-electron chi connectivity index (χ3n) is 8.56. The lowest BCUT2D eigenvalue weighted by molar-refractivity contribution is -0.161. The zero-order valence-electron chi connectivity index (χ0n) is 30.5. The number of unbranched alkanes of at least 4 members (excludes halogenated alkanes) is 24. The third kappa shape index (κ3) is 30.4. The minimum Gasteiger partial charge on any atom is -0.462 e. The Balaban J connectivity index is 4.12. The van der Waals surface area contributed by atoms with Gasteiger partial charge in [-0.05, 0) is 12.8 Å². The van der Waals surface area contributed by atoms with Crippen molar-refractivity contribution in [3.63, 3.8) is 0 Å². The standard InChI is InChI=1S/C37H73O8P/c1-5-7-9-11-13-15-17-19-21-23-25-27-29-31-36(38)43-33-35(34-44-46(40,41-3)42-4)45-37(39)32-30-28-26-24-22-20-18-16-14-12-10-8-6-2/h35H,5-34H2,1-4H3/t35-/m1/s1. The van der Waals surface area contributed by atoms with Gasteiger partial charge < -0.3 is 9.47 Å². The van der Waals surface area contributed by atoms with Crippen LogP contribution in [0.25, 0.3) is 0 Å². The van der Waals surface area contributed by atoms with Gasteiger partial charge in [0.1, 0.15) is 6.61 Å². The number of esters is 2. The number of phosphoric ester groups is 1. The highest BCUT2D eigenvalue weighted by molar-refractivity contribution is 7.48. The van der Waals surface area contributed by atoms with Gasteiger partial charge in [-0.15, -0.1) is 0 Å². The molecule has 0 bridgehead atoms. The predicted octanol–water partition coefficient (Wildman–Crippen LogP) is 11.8. The molecule has 1 atom stereocenters. The highest BCUT2D eigenvalue weighted by Gasteiger charge is 2.27. The Labute approximate surface area is 283 Å². The molecule has 0 radical (unpaired) electrons. The maximum absolute atomic E-state index is 12.5. The molecule has 0 unspecified atom stereocenters. The molecule has 9 heteroatoms. The fraction of sp³-hybridized carbons (Fsp3) is 0.946. The van der Waals surface area contributed by atoms with Gasteiger partial charge in [0, 0.05) is 27.1 Å². The Morgan fingerprint density at radius 1 is 0.478 bits per heavy atom. The fourth-order valence-corrected chi connectivity index (χ4v) is 6.26. The van der Waals surface area contributed by atoms with Crippen LogP contribution in [0.5, 0.6) is 0 Å². The summed E-state index contributed by atoms with van der Waals surface area (Å²) in [4.78, 5) is 24.9. The Kier molecular flexibility index (Phi) is 33.2. The van der Waals surface area contributed by atoms with Crippen molar-refractivity contribution in [2.45, 2.75) is 200 Å². The maximum Gasteiger partial charge on any atom is 0.474 e. The fourth-order valence-electron chi connectivity index (χ4n) is 5.55. The minimum atomic E-state index is -3.75. The first-order valence-corrected chi connectivity index (χ1v) is 20.6. The predicted molar refractivity (Wildman–Crippen MR) is 189 cm³/mol. The molecule has 0 N–H and O–H groups in total. The average Bonchev–Trinajstić information content (AvgIpc) is 3.06. The molecule has 0 aromatic heterocycles. The van der Waals surface area contributed by atoms with Crippen molar-refractivity contribution in [3.8, 4) is 0 Å². The molecule has 0 aromatic carbocycles. The number of hydrogen-bond acceptors (Lipinski definition) is 8. The van der Waals surface area contributed by atoms with Crippen molar-refractivity contribution in [2.24, 2.45) is 0 Å². The summed E-state index contributed by atoms with van der Waals surface area (Å²) in [6.07, 6.45) is 31.9. The van der Waals surface area contributed by atoms with Crippen molar-refractivity contribution in [2.75, 3.05) is 27.4 Å². The number of ether oxygens (including phenoxy) is 2. The number of carbonyl (C=O) groups excluding carboxylic acids is 2. The highest BCUT2D eigenvalue weighted by Crippen LogP contribution is 2.47. The van der Waals surface area contributed by atoms with E-state index in [9.17, 15) is 14.2 Å². The molecule has 0 aliphatic rings. The summed E-state index contributed by atoms with van der Waals surface area (Å²) < 4.78 is 38.2. The van der Waals surface area contributed by atoms with Gasteiger partial charge in [-0.25, -0.2) is 4.57 Å². The van der Waals surface area contributed by atoms with Gasteiger partial charge >= 0.3 is 19.8 Å². The molecular formula is C37H73O8P. The molecule has 0 spiro atoms. The summed E-state index contributed by atoms with van der Waals surface area (Å²) in [7, 11) is -1.32. The van der Waals surface area contributed by atoms with Crippen LogP contribution < -0.4 is 0 Å². The van der Waals surface area contributed by atoms with Gasteiger partial charge in [0.2, 0.25) is 0 Å². The topological polar surface area (TPSA) is 97.4 Å². The van der Waals surface area contributed by atoms with E-state index in [-0.39, 0.29) is 31.6 Å². The molecule has 0 aliphatic heterocycles. The van der Waals surface area contributed by atoms with Crippen molar-refractivity contribution < 1.29 is 37.2 Å². The SMILES string of the molecule is CCCCCCCCCCCCCCCC(=O)OC[C@H](COP(=O)(OC)OC)OC(=O)CCCCCCCCCCCCCCC. The minimum absolute atomic E-state index is 0.158. The van der Waals surface area contributed by atoms with Crippen molar-refractivity contribution in [1.29, 1.82) is 0 Å². The van der Waals surface area contributed by atoms with Crippen LogP contribution in [0.15, 0.2) is 0 Å². The second-order valence-electron chi connectivity index (χ2n) is 12.9. The van der Waals surface area contributed by atoms with Gasteiger partial charge in [-0.1, -0.05) is 168 Å². The van der Waals surface area contributed by atoms with Crippen molar-refractivity contribution in [1.82, 2.24) is 0 Å². The summed E-state index contributed by atoms with van der Waals surface area (Å²) in [6, 6.07) is 0. The number of carbonyl (C=O) groups is 2. The molecular weight excluding hydrogens is 603 g/mol. The molecule has 8 nitrogen and oxygen atoms in total. The number of hydrogen-bond donors (Lipinski definition) is 0. The van der Waals surface area contributed by atoms with E-state index in [1.807, 2.05) is 0 Å². The van der Waals surface area contributed by atoms with Crippen LogP contribution in [0.2, 0.25) is 0 Å². The van der Waals surface area contributed by atoms with Gasteiger partial charge in [0.05, 0.1) is 6.61 Å². The summed E-state index contributed by atoms with van der Waals surface area (Å²) >= 11 is 0. The first-order chi connectivity index (χ1) is 22.4. The zero-order valence-corrected chi connectivity index (χ0v) is 31.4. The highest BCUT2D eigenvalue weighted by atomic mass is 31.2. The Bertz CT molecular complexity index is 724. The van der Waals surface area contributed by atoms with E-state index < -0.39 is 13.9 Å². The third-order valence-corrected chi connectivity index (χ3v) is 9.92. The molecule has 0 fully saturated rings. The van der Waals surface area contributed by atoms with Gasteiger partial charge in [0.15, 0.2) is 6.10 Å². The van der Waals surface area contributed by atoms with Crippen molar-refractivity contribution in [3.05, 3.63) is 0 Å². The summed E-state index contributed by atoms with van der Waals surface area (Å²) in [5.41, 5.74) is 0. The molecule has 0 saturated heterocycles. The average molecular weight is 677 g/mol. The second-order valence-corrected chi connectivity index (χ2v) is 14.8. The van der Waals surface area contributed by atoms with Crippen LogP contribution in [-0.2, 0) is 37.2 Å². The normalized spacial score (nSPS) is 12.3. The Morgan fingerprint density at radius 3 is 1.15 bits per heavy atom. The number of phosphoric acid groups is 1. The summed E-state index contributed by atoms with van der Waals surface area (Å²) in [6.45, 7) is 4.09. The van der Waals surface area contributed by atoms with Crippen LogP contribution >= 0.6 is 7.82 Å².